The maximum Gasteiger partial charge on any atom is 0.314 e. The van der Waals surface area contributed by atoms with E-state index in [1.165, 1.54) is 0 Å². The van der Waals surface area contributed by atoms with Crippen LogP contribution in [0.5, 0.6) is 0 Å². The SMILES string of the molecule is CNC(=O)NC(C)CC(C)N. The first-order chi connectivity index (χ1) is 5.06. The summed E-state index contributed by atoms with van der Waals surface area (Å²) in [5, 5.41) is 5.21. The number of urea groups is 1. The molecule has 4 N–H and O–H groups in total. The molecule has 4 nitrogen and oxygen atoms in total. The highest BCUT2D eigenvalue weighted by Gasteiger charge is 2.06. The molecule has 0 aromatic heterocycles. The van der Waals surface area contributed by atoms with Gasteiger partial charge in [0, 0.05) is 19.1 Å². The fraction of sp³-hybridized carbons (Fsp3) is 0.857. The second-order valence-electron chi connectivity index (χ2n) is 2.84. The number of rotatable bonds is 3. The topological polar surface area (TPSA) is 67.2 Å². The molecular weight excluding hydrogens is 142 g/mol. The van der Waals surface area contributed by atoms with Crippen molar-refractivity contribution in [2.45, 2.75) is 32.4 Å². The van der Waals surface area contributed by atoms with Crippen molar-refractivity contribution in [3.63, 3.8) is 0 Å². The number of carbonyl (C=O) groups is 1. The van der Waals surface area contributed by atoms with Gasteiger partial charge in [-0.05, 0) is 20.3 Å². The van der Waals surface area contributed by atoms with E-state index in [9.17, 15) is 4.79 Å². The zero-order valence-corrected chi connectivity index (χ0v) is 7.35. The average molecular weight is 159 g/mol. The third-order valence-electron chi connectivity index (χ3n) is 1.33. The molecule has 0 aromatic rings. The largest absolute Gasteiger partial charge is 0.341 e. The zero-order chi connectivity index (χ0) is 8.85. The fourth-order valence-electron chi connectivity index (χ4n) is 0.913. The zero-order valence-electron chi connectivity index (χ0n) is 7.35. The van der Waals surface area contributed by atoms with Gasteiger partial charge in [0.15, 0.2) is 0 Å². The van der Waals surface area contributed by atoms with Crippen LogP contribution in [0.4, 0.5) is 4.79 Å². The lowest BCUT2D eigenvalue weighted by atomic mass is 10.1. The molecule has 2 amide bonds. The van der Waals surface area contributed by atoms with Crippen molar-refractivity contribution in [1.29, 1.82) is 0 Å². The van der Waals surface area contributed by atoms with E-state index < -0.39 is 0 Å². The van der Waals surface area contributed by atoms with E-state index in [0.717, 1.165) is 6.42 Å². The van der Waals surface area contributed by atoms with Crippen LogP contribution in [-0.4, -0.2) is 25.2 Å². The predicted molar refractivity (Wildman–Crippen MR) is 45.3 cm³/mol. The molecule has 0 aromatic carbocycles. The third-order valence-corrected chi connectivity index (χ3v) is 1.33. The standard InChI is InChI=1S/C7H17N3O/c1-5(8)4-6(2)10-7(11)9-3/h5-6H,4,8H2,1-3H3,(H2,9,10,11). The lowest BCUT2D eigenvalue weighted by Crippen LogP contribution is -2.41. The summed E-state index contributed by atoms with van der Waals surface area (Å²) in [4.78, 5) is 10.7. The Morgan fingerprint density at radius 2 is 2.09 bits per heavy atom. The highest BCUT2D eigenvalue weighted by atomic mass is 16.2. The normalized spacial score (nSPS) is 15.3. The molecule has 0 rings (SSSR count). The Hall–Kier alpha value is -0.770. The molecule has 0 saturated carbocycles. The highest BCUT2D eigenvalue weighted by molar-refractivity contribution is 5.73. The molecule has 11 heavy (non-hydrogen) atoms. The molecule has 0 heterocycles. The van der Waals surface area contributed by atoms with E-state index >= 15 is 0 Å². The average Bonchev–Trinajstić information content (AvgIpc) is 1.85. The molecule has 0 spiro atoms. The van der Waals surface area contributed by atoms with Gasteiger partial charge in [0.05, 0.1) is 0 Å². The minimum absolute atomic E-state index is 0.127. The van der Waals surface area contributed by atoms with Crippen molar-refractivity contribution >= 4 is 6.03 Å². The van der Waals surface area contributed by atoms with Crippen LogP contribution in [0, 0.1) is 0 Å². The Balaban J connectivity index is 3.51. The van der Waals surface area contributed by atoms with Gasteiger partial charge in [-0.3, -0.25) is 0 Å². The van der Waals surface area contributed by atoms with Gasteiger partial charge in [-0.25, -0.2) is 4.79 Å². The number of nitrogens with two attached hydrogens (primary N) is 1. The summed E-state index contributed by atoms with van der Waals surface area (Å²) in [6.45, 7) is 3.85. The van der Waals surface area contributed by atoms with Crippen LogP contribution in [0.1, 0.15) is 20.3 Å². The first-order valence-corrected chi connectivity index (χ1v) is 3.80. The molecule has 0 aliphatic heterocycles. The third kappa shape index (κ3) is 5.66. The van der Waals surface area contributed by atoms with Gasteiger partial charge in [-0.1, -0.05) is 0 Å². The number of amides is 2. The monoisotopic (exact) mass is 159 g/mol. The van der Waals surface area contributed by atoms with Gasteiger partial charge >= 0.3 is 6.03 Å². The van der Waals surface area contributed by atoms with Gasteiger partial charge in [0.2, 0.25) is 0 Å². The van der Waals surface area contributed by atoms with E-state index in [1.54, 1.807) is 7.05 Å². The molecule has 66 valence electrons. The van der Waals surface area contributed by atoms with Gasteiger partial charge in [0.1, 0.15) is 0 Å². The Morgan fingerprint density at radius 1 is 1.55 bits per heavy atom. The second-order valence-corrected chi connectivity index (χ2v) is 2.84. The van der Waals surface area contributed by atoms with Crippen LogP contribution >= 0.6 is 0 Å². The molecule has 0 radical (unpaired) electrons. The maximum absolute atomic E-state index is 10.7. The predicted octanol–water partition coefficient (Wildman–Crippen LogP) is 0.0412. The Bertz CT molecular complexity index is 125. The van der Waals surface area contributed by atoms with Crippen molar-refractivity contribution in [2.24, 2.45) is 5.73 Å². The fourth-order valence-corrected chi connectivity index (χ4v) is 0.913. The molecule has 0 aliphatic carbocycles. The number of hydrogen-bond donors (Lipinski definition) is 3. The molecule has 0 bridgehead atoms. The highest BCUT2D eigenvalue weighted by Crippen LogP contribution is 1.93. The Labute approximate surface area is 67.5 Å². The van der Waals surface area contributed by atoms with Gasteiger partial charge in [-0.2, -0.15) is 0 Å². The summed E-state index contributed by atoms with van der Waals surface area (Å²) in [6, 6.07) is 0.107. The number of carbonyl (C=O) groups excluding carboxylic acids is 1. The molecule has 0 saturated heterocycles. The van der Waals surface area contributed by atoms with Crippen LogP contribution in [0.15, 0.2) is 0 Å². The quantitative estimate of drug-likeness (QED) is 0.544. The van der Waals surface area contributed by atoms with Crippen LogP contribution in [0.3, 0.4) is 0 Å². The number of hydrogen-bond acceptors (Lipinski definition) is 2. The smallest absolute Gasteiger partial charge is 0.314 e. The lowest BCUT2D eigenvalue weighted by molar-refractivity contribution is 0.239. The van der Waals surface area contributed by atoms with Gasteiger partial charge < -0.3 is 16.4 Å². The Morgan fingerprint density at radius 3 is 2.45 bits per heavy atom. The number of nitrogens with one attached hydrogen (secondary N) is 2. The summed E-state index contributed by atoms with van der Waals surface area (Å²) in [6.07, 6.45) is 0.799. The van der Waals surface area contributed by atoms with Crippen molar-refractivity contribution in [2.75, 3.05) is 7.05 Å². The van der Waals surface area contributed by atoms with Gasteiger partial charge in [-0.15, -0.1) is 0 Å². The lowest BCUT2D eigenvalue weighted by Gasteiger charge is -2.14. The van der Waals surface area contributed by atoms with Crippen molar-refractivity contribution in [1.82, 2.24) is 10.6 Å². The van der Waals surface area contributed by atoms with E-state index in [1.807, 2.05) is 13.8 Å². The van der Waals surface area contributed by atoms with Crippen molar-refractivity contribution in [3.05, 3.63) is 0 Å². The molecule has 0 aliphatic rings. The summed E-state index contributed by atoms with van der Waals surface area (Å²) in [5.74, 6) is 0. The van der Waals surface area contributed by atoms with E-state index in [2.05, 4.69) is 10.6 Å². The molecule has 2 unspecified atom stereocenters. The molecular formula is C7H17N3O. The minimum Gasteiger partial charge on any atom is -0.341 e. The minimum atomic E-state index is -0.154. The summed E-state index contributed by atoms with van der Waals surface area (Å²) in [7, 11) is 1.59. The summed E-state index contributed by atoms with van der Waals surface area (Å²) < 4.78 is 0. The summed E-state index contributed by atoms with van der Waals surface area (Å²) in [5.41, 5.74) is 5.54. The second kappa shape index (κ2) is 4.96. The summed E-state index contributed by atoms with van der Waals surface area (Å²) >= 11 is 0. The molecule has 4 heteroatoms. The maximum atomic E-state index is 10.7. The van der Waals surface area contributed by atoms with Crippen molar-refractivity contribution < 1.29 is 4.79 Å². The first kappa shape index (κ1) is 10.2. The van der Waals surface area contributed by atoms with Crippen LogP contribution < -0.4 is 16.4 Å². The molecule has 0 fully saturated rings. The Kier molecular flexibility index (Phi) is 4.61. The van der Waals surface area contributed by atoms with E-state index in [4.69, 9.17) is 5.73 Å². The van der Waals surface area contributed by atoms with Crippen molar-refractivity contribution in [3.8, 4) is 0 Å². The van der Waals surface area contributed by atoms with Gasteiger partial charge in [0.25, 0.3) is 0 Å². The van der Waals surface area contributed by atoms with Crippen LogP contribution in [0.2, 0.25) is 0 Å². The van der Waals surface area contributed by atoms with E-state index in [0.29, 0.717) is 0 Å². The van der Waals surface area contributed by atoms with Crippen LogP contribution in [0.25, 0.3) is 0 Å². The molecule has 2 atom stereocenters. The first-order valence-electron chi connectivity index (χ1n) is 3.80. The van der Waals surface area contributed by atoms with Crippen LogP contribution in [-0.2, 0) is 0 Å². The van der Waals surface area contributed by atoms with E-state index in [-0.39, 0.29) is 18.1 Å².